The van der Waals surface area contributed by atoms with Gasteiger partial charge in [0.15, 0.2) is 0 Å². The summed E-state index contributed by atoms with van der Waals surface area (Å²) < 4.78 is 5.08. The van der Waals surface area contributed by atoms with Crippen molar-refractivity contribution in [1.82, 2.24) is 4.98 Å². The van der Waals surface area contributed by atoms with E-state index >= 15 is 0 Å². The second-order valence-electron chi connectivity index (χ2n) is 6.08. The lowest BCUT2D eigenvalue weighted by Crippen LogP contribution is -2.29. The van der Waals surface area contributed by atoms with E-state index in [1.54, 1.807) is 67.8 Å². The highest BCUT2D eigenvalue weighted by Crippen LogP contribution is 2.28. The average molecular weight is 373 g/mol. The molecule has 28 heavy (non-hydrogen) atoms. The molecule has 0 aliphatic carbocycles. The number of amides is 3. The Kier molecular flexibility index (Phi) is 4.33. The van der Waals surface area contributed by atoms with Gasteiger partial charge >= 0.3 is 0 Å². The van der Waals surface area contributed by atoms with Crippen LogP contribution in [0.25, 0.3) is 0 Å². The van der Waals surface area contributed by atoms with E-state index in [0.717, 1.165) is 4.90 Å². The number of hydrogen-bond acceptors (Lipinski definition) is 5. The maximum Gasteiger partial charge on any atom is 0.284 e. The van der Waals surface area contributed by atoms with Crippen LogP contribution in [0.2, 0.25) is 0 Å². The second-order valence-corrected chi connectivity index (χ2v) is 6.08. The van der Waals surface area contributed by atoms with Crippen LogP contribution in [0.1, 0.15) is 31.2 Å². The lowest BCUT2D eigenvalue weighted by molar-refractivity contribution is 0.0923. The van der Waals surface area contributed by atoms with Crippen LogP contribution in [0.5, 0.6) is 5.75 Å². The third kappa shape index (κ3) is 2.99. The molecular weight excluding hydrogens is 358 g/mol. The normalized spacial score (nSPS) is 12.7. The largest absolute Gasteiger partial charge is 0.497 e. The predicted octanol–water partition coefficient (Wildman–Crippen LogP) is 3.14. The first-order valence-electron chi connectivity index (χ1n) is 8.48. The number of carbonyl (C=O) groups excluding carboxylic acids is 3. The summed E-state index contributed by atoms with van der Waals surface area (Å²) in [5, 5.41) is 2.77. The minimum absolute atomic E-state index is 0.125. The molecule has 0 fully saturated rings. The van der Waals surface area contributed by atoms with E-state index in [1.165, 1.54) is 6.20 Å². The molecule has 0 radical (unpaired) electrons. The Bertz CT molecular complexity index is 1060. The van der Waals surface area contributed by atoms with Crippen molar-refractivity contribution in [3.8, 4) is 5.75 Å². The van der Waals surface area contributed by atoms with E-state index in [-0.39, 0.29) is 17.2 Å². The second kappa shape index (κ2) is 6.96. The highest BCUT2D eigenvalue weighted by Gasteiger charge is 2.37. The Morgan fingerprint density at radius 2 is 1.79 bits per heavy atom. The zero-order valence-electron chi connectivity index (χ0n) is 14.9. The van der Waals surface area contributed by atoms with Crippen LogP contribution in [-0.4, -0.2) is 29.8 Å². The van der Waals surface area contributed by atoms with Crippen LogP contribution in [0, 0.1) is 0 Å². The number of fused-ring (bicyclic) bond motifs is 1. The number of benzene rings is 2. The Morgan fingerprint density at radius 3 is 2.50 bits per heavy atom. The van der Waals surface area contributed by atoms with Gasteiger partial charge in [-0.25, -0.2) is 4.90 Å². The molecule has 3 aromatic rings. The molecule has 0 spiro atoms. The monoisotopic (exact) mass is 373 g/mol. The first kappa shape index (κ1) is 17.4. The van der Waals surface area contributed by atoms with Gasteiger partial charge in [0.2, 0.25) is 0 Å². The van der Waals surface area contributed by atoms with Crippen molar-refractivity contribution in [2.45, 2.75) is 0 Å². The molecule has 1 aliphatic rings. The summed E-state index contributed by atoms with van der Waals surface area (Å²) in [5.41, 5.74) is 1.67. The van der Waals surface area contributed by atoms with Crippen molar-refractivity contribution in [2.24, 2.45) is 0 Å². The minimum atomic E-state index is -0.487. The molecule has 3 amide bonds. The van der Waals surface area contributed by atoms with Crippen molar-refractivity contribution in [3.05, 3.63) is 83.7 Å². The Labute approximate surface area is 160 Å². The van der Waals surface area contributed by atoms with Crippen molar-refractivity contribution in [1.29, 1.82) is 0 Å². The van der Waals surface area contributed by atoms with Crippen LogP contribution < -0.4 is 15.0 Å². The number of hydrogen-bond donors (Lipinski definition) is 1. The molecule has 0 saturated carbocycles. The third-order valence-electron chi connectivity index (χ3n) is 4.36. The van der Waals surface area contributed by atoms with E-state index in [2.05, 4.69) is 10.3 Å². The number of methoxy groups -OCH3 is 1. The first-order chi connectivity index (χ1) is 13.6. The summed E-state index contributed by atoms with van der Waals surface area (Å²) >= 11 is 0. The number of pyridine rings is 1. The standard InChI is InChI=1S/C21H15N3O4/c1-28-16-9-7-13(8-10-16)19(25)23-14-4-2-5-15(12-14)24-20(26)17-6-3-11-22-18(17)21(24)27/h2-12H,1H3,(H,23,25). The smallest absolute Gasteiger partial charge is 0.284 e. The zero-order chi connectivity index (χ0) is 19.7. The van der Waals surface area contributed by atoms with Gasteiger partial charge in [-0.3, -0.25) is 19.4 Å². The number of nitrogens with zero attached hydrogens (tertiary/aromatic N) is 2. The maximum absolute atomic E-state index is 12.6. The number of carbonyl (C=O) groups is 3. The van der Waals surface area contributed by atoms with Crippen LogP contribution in [0.15, 0.2) is 66.9 Å². The molecule has 1 N–H and O–H groups in total. The molecule has 7 nitrogen and oxygen atoms in total. The molecule has 1 aromatic heterocycles. The molecule has 138 valence electrons. The van der Waals surface area contributed by atoms with Gasteiger partial charge < -0.3 is 10.1 Å². The van der Waals surface area contributed by atoms with Gasteiger partial charge in [-0.15, -0.1) is 0 Å². The van der Waals surface area contributed by atoms with Gasteiger partial charge in [-0.05, 0) is 54.6 Å². The van der Waals surface area contributed by atoms with Crippen LogP contribution in [-0.2, 0) is 0 Å². The fraction of sp³-hybridized carbons (Fsp3) is 0.0476. The van der Waals surface area contributed by atoms with E-state index in [9.17, 15) is 14.4 Å². The topological polar surface area (TPSA) is 88.6 Å². The van der Waals surface area contributed by atoms with Gasteiger partial charge in [-0.2, -0.15) is 0 Å². The average Bonchev–Trinajstić information content (AvgIpc) is 2.99. The Hall–Kier alpha value is -4.00. The van der Waals surface area contributed by atoms with Crippen molar-refractivity contribution >= 4 is 29.1 Å². The summed E-state index contributed by atoms with van der Waals surface area (Å²) in [6.45, 7) is 0. The van der Waals surface area contributed by atoms with E-state index in [4.69, 9.17) is 4.74 Å². The van der Waals surface area contributed by atoms with Crippen molar-refractivity contribution < 1.29 is 19.1 Å². The Morgan fingerprint density at radius 1 is 1.00 bits per heavy atom. The molecule has 4 rings (SSSR count). The molecule has 0 saturated heterocycles. The summed E-state index contributed by atoms with van der Waals surface area (Å²) in [5.74, 6) is -0.590. The number of ether oxygens (including phenoxy) is 1. The molecule has 0 unspecified atom stereocenters. The van der Waals surface area contributed by atoms with Gasteiger partial charge in [0.05, 0.1) is 18.4 Å². The van der Waals surface area contributed by atoms with Gasteiger partial charge in [0.1, 0.15) is 11.4 Å². The number of anilines is 2. The predicted molar refractivity (Wildman–Crippen MR) is 103 cm³/mol. The number of rotatable bonds is 4. The SMILES string of the molecule is COc1ccc(C(=O)Nc2cccc(N3C(=O)c4cccnc4C3=O)c2)cc1. The van der Waals surface area contributed by atoms with Gasteiger partial charge in [0, 0.05) is 17.4 Å². The summed E-state index contributed by atoms with van der Waals surface area (Å²) in [4.78, 5) is 42.7. The fourth-order valence-electron chi connectivity index (χ4n) is 2.97. The summed E-state index contributed by atoms with van der Waals surface area (Å²) in [6.07, 6.45) is 1.47. The lowest BCUT2D eigenvalue weighted by Gasteiger charge is -2.15. The third-order valence-corrected chi connectivity index (χ3v) is 4.36. The molecule has 7 heteroatoms. The fourth-order valence-corrected chi connectivity index (χ4v) is 2.97. The molecule has 1 aliphatic heterocycles. The molecule has 2 aromatic carbocycles. The van der Waals surface area contributed by atoms with Gasteiger partial charge in [-0.1, -0.05) is 6.07 Å². The summed E-state index contributed by atoms with van der Waals surface area (Å²) in [7, 11) is 1.55. The van der Waals surface area contributed by atoms with E-state index in [0.29, 0.717) is 22.7 Å². The molecule has 2 heterocycles. The zero-order valence-corrected chi connectivity index (χ0v) is 14.9. The first-order valence-corrected chi connectivity index (χ1v) is 8.48. The van der Waals surface area contributed by atoms with Crippen LogP contribution in [0.4, 0.5) is 11.4 Å². The maximum atomic E-state index is 12.6. The molecular formula is C21H15N3O4. The van der Waals surface area contributed by atoms with Crippen LogP contribution >= 0.6 is 0 Å². The summed E-state index contributed by atoms with van der Waals surface area (Å²) in [6, 6.07) is 16.4. The van der Waals surface area contributed by atoms with E-state index < -0.39 is 11.8 Å². The number of imide groups is 1. The lowest BCUT2D eigenvalue weighted by atomic mass is 10.2. The Balaban J connectivity index is 1.58. The number of nitrogens with one attached hydrogen (secondary N) is 1. The van der Waals surface area contributed by atoms with E-state index in [1.807, 2.05) is 0 Å². The van der Waals surface area contributed by atoms with Crippen molar-refractivity contribution in [3.63, 3.8) is 0 Å². The quantitative estimate of drug-likeness (QED) is 0.710. The minimum Gasteiger partial charge on any atom is -0.497 e. The van der Waals surface area contributed by atoms with Crippen LogP contribution in [0.3, 0.4) is 0 Å². The highest BCUT2D eigenvalue weighted by atomic mass is 16.5. The van der Waals surface area contributed by atoms with Gasteiger partial charge in [0.25, 0.3) is 17.7 Å². The molecule has 0 atom stereocenters. The molecule has 0 bridgehead atoms. The van der Waals surface area contributed by atoms with Crippen molar-refractivity contribution in [2.75, 3.05) is 17.3 Å². The highest BCUT2D eigenvalue weighted by molar-refractivity contribution is 6.33. The number of aromatic nitrogens is 1.